The summed E-state index contributed by atoms with van der Waals surface area (Å²) in [6, 6.07) is -2.03. The van der Waals surface area contributed by atoms with Crippen molar-refractivity contribution in [2.24, 2.45) is 11.8 Å². The number of rotatable bonds is 9. The molecule has 0 aromatic rings. The molecule has 7 nitrogen and oxygen atoms in total. The third-order valence-corrected chi connectivity index (χ3v) is 3.29. The van der Waals surface area contributed by atoms with Gasteiger partial charge in [0, 0.05) is 6.92 Å². The summed E-state index contributed by atoms with van der Waals surface area (Å²) in [5, 5.41) is 13.5. The van der Waals surface area contributed by atoms with E-state index >= 15 is 0 Å². The van der Waals surface area contributed by atoms with Crippen LogP contribution in [-0.4, -0.2) is 46.9 Å². The molecule has 0 bridgehead atoms. The first kappa shape index (κ1) is 21.0. The lowest BCUT2D eigenvalue weighted by Gasteiger charge is -2.23. The second-order valence-electron chi connectivity index (χ2n) is 6.04. The first-order chi connectivity index (χ1) is 10.5. The Balaban J connectivity index is 4.86. The number of halogens is 1. The van der Waals surface area contributed by atoms with Crippen LogP contribution in [0.1, 0.15) is 41.0 Å². The molecule has 4 atom stereocenters. The van der Waals surface area contributed by atoms with Crippen LogP contribution >= 0.6 is 0 Å². The monoisotopic (exact) mass is 332 g/mol. The maximum Gasteiger partial charge on any atom is 0.309 e. The summed E-state index contributed by atoms with van der Waals surface area (Å²) in [6.07, 6.45) is -1.86. The van der Waals surface area contributed by atoms with Crippen LogP contribution in [0.4, 0.5) is 4.39 Å². The third-order valence-electron chi connectivity index (χ3n) is 3.29. The van der Waals surface area contributed by atoms with Gasteiger partial charge in [-0.25, -0.2) is 4.39 Å². The molecule has 23 heavy (non-hydrogen) atoms. The molecular weight excluding hydrogens is 307 g/mol. The van der Waals surface area contributed by atoms with Crippen molar-refractivity contribution < 1.29 is 28.7 Å². The molecule has 3 N–H and O–H groups in total. The zero-order valence-corrected chi connectivity index (χ0v) is 14.1. The van der Waals surface area contributed by atoms with E-state index in [1.165, 1.54) is 13.8 Å². The molecule has 0 saturated heterocycles. The summed E-state index contributed by atoms with van der Waals surface area (Å²) < 4.78 is 13.8. The molecule has 0 heterocycles. The fraction of sp³-hybridized carbons (Fsp3) is 0.733. The van der Waals surface area contributed by atoms with Gasteiger partial charge >= 0.3 is 5.97 Å². The van der Waals surface area contributed by atoms with Gasteiger partial charge in [0.1, 0.15) is 6.04 Å². The van der Waals surface area contributed by atoms with Gasteiger partial charge in [-0.1, -0.05) is 13.8 Å². The Kier molecular flexibility index (Phi) is 8.42. The highest BCUT2D eigenvalue weighted by molar-refractivity contribution is 5.95. The smallest absolute Gasteiger partial charge is 0.309 e. The van der Waals surface area contributed by atoms with Crippen LogP contribution in [0.3, 0.4) is 0 Å². The largest absolute Gasteiger partial charge is 0.481 e. The quantitative estimate of drug-likeness (QED) is 0.574. The fourth-order valence-corrected chi connectivity index (χ4v) is 1.94. The number of carboxylic acid groups (broad SMARTS) is 1. The molecule has 0 spiro atoms. The summed E-state index contributed by atoms with van der Waals surface area (Å²) >= 11 is 0. The number of carbonyl (C=O) groups excluding carboxylic acids is 3. The Morgan fingerprint density at radius 2 is 1.57 bits per heavy atom. The Hall–Kier alpha value is -1.99. The average Bonchev–Trinajstić information content (AvgIpc) is 2.42. The maximum absolute atomic E-state index is 13.8. The molecule has 8 heteroatoms. The molecule has 0 aliphatic rings. The number of carboxylic acids is 1. The highest BCUT2D eigenvalue weighted by Gasteiger charge is 2.34. The number of hydrogen-bond acceptors (Lipinski definition) is 4. The minimum Gasteiger partial charge on any atom is -0.481 e. The van der Waals surface area contributed by atoms with E-state index < -0.39 is 47.7 Å². The zero-order chi connectivity index (χ0) is 18.3. The van der Waals surface area contributed by atoms with E-state index in [2.05, 4.69) is 10.6 Å². The van der Waals surface area contributed by atoms with Gasteiger partial charge in [0.2, 0.25) is 11.8 Å². The first-order valence-corrected chi connectivity index (χ1v) is 7.45. The number of ketones is 1. The van der Waals surface area contributed by atoms with Crippen molar-refractivity contribution in [3.05, 3.63) is 0 Å². The number of Topliss-reactive ketones (excluding diaryl/α,β-unsaturated/α-hetero) is 1. The van der Waals surface area contributed by atoms with Crippen LogP contribution in [0.25, 0.3) is 0 Å². The molecule has 2 amide bonds. The number of aliphatic carboxylic acids is 1. The van der Waals surface area contributed by atoms with E-state index in [1.54, 1.807) is 0 Å². The summed E-state index contributed by atoms with van der Waals surface area (Å²) in [5.74, 6) is -4.83. The SMILES string of the molecule is CC(=O)N[C@@H](CC(C)C)C(=O)N[C@H](C)C(=O)[C@@H](F)[C@@H](C)C(=O)O. The maximum atomic E-state index is 13.8. The third kappa shape index (κ3) is 7.21. The van der Waals surface area contributed by atoms with Crippen molar-refractivity contribution in [1.29, 1.82) is 0 Å². The predicted octanol–water partition coefficient (Wildman–Crippen LogP) is 0.670. The lowest BCUT2D eigenvalue weighted by atomic mass is 9.98. The summed E-state index contributed by atoms with van der Waals surface area (Å²) in [7, 11) is 0. The van der Waals surface area contributed by atoms with Crippen molar-refractivity contribution in [3.63, 3.8) is 0 Å². The molecule has 0 unspecified atom stereocenters. The minimum atomic E-state index is -2.22. The highest BCUT2D eigenvalue weighted by Crippen LogP contribution is 2.12. The Labute approximate surface area is 135 Å². The van der Waals surface area contributed by atoms with E-state index in [4.69, 9.17) is 5.11 Å². The van der Waals surface area contributed by atoms with E-state index in [0.29, 0.717) is 6.42 Å². The number of amides is 2. The van der Waals surface area contributed by atoms with Gasteiger partial charge in [-0.3, -0.25) is 19.2 Å². The van der Waals surface area contributed by atoms with Gasteiger partial charge in [-0.2, -0.15) is 0 Å². The van der Waals surface area contributed by atoms with Crippen LogP contribution in [0.2, 0.25) is 0 Å². The molecule has 0 aromatic heterocycles. The number of nitrogens with one attached hydrogen (secondary N) is 2. The van der Waals surface area contributed by atoms with E-state index in [0.717, 1.165) is 6.92 Å². The number of hydrogen-bond donors (Lipinski definition) is 3. The van der Waals surface area contributed by atoms with Gasteiger partial charge in [-0.15, -0.1) is 0 Å². The summed E-state index contributed by atoms with van der Waals surface area (Å²) in [6.45, 7) is 7.35. The van der Waals surface area contributed by atoms with Crippen LogP contribution in [0.15, 0.2) is 0 Å². The van der Waals surface area contributed by atoms with E-state index in [9.17, 15) is 23.6 Å². The lowest BCUT2D eigenvalue weighted by molar-refractivity contribution is -0.147. The predicted molar refractivity (Wildman–Crippen MR) is 81.4 cm³/mol. The van der Waals surface area contributed by atoms with Crippen molar-refractivity contribution in [1.82, 2.24) is 10.6 Å². The van der Waals surface area contributed by atoms with Crippen molar-refractivity contribution in [3.8, 4) is 0 Å². The van der Waals surface area contributed by atoms with Crippen molar-refractivity contribution in [2.45, 2.75) is 59.3 Å². The second kappa shape index (κ2) is 9.22. The van der Waals surface area contributed by atoms with Crippen LogP contribution < -0.4 is 10.6 Å². The topological polar surface area (TPSA) is 113 Å². The van der Waals surface area contributed by atoms with E-state index in [1.807, 2.05) is 13.8 Å². The van der Waals surface area contributed by atoms with Crippen LogP contribution in [-0.2, 0) is 19.2 Å². The van der Waals surface area contributed by atoms with Crippen molar-refractivity contribution in [2.75, 3.05) is 0 Å². The van der Waals surface area contributed by atoms with Crippen molar-refractivity contribution >= 4 is 23.6 Å². The molecule has 0 aliphatic heterocycles. The number of alkyl halides is 1. The molecular formula is C15H25FN2O5. The average molecular weight is 332 g/mol. The van der Waals surface area contributed by atoms with E-state index in [-0.39, 0.29) is 5.92 Å². The lowest BCUT2D eigenvalue weighted by Crippen LogP contribution is -2.52. The minimum absolute atomic E-state index is 0.115. The molecule has 0 radical (unpaired) electrons. The molecule has 0 fully saturated rings. The summed E-state index contributed by atoms with van der Waals surface area (Å²) in [4.78, 5) is 45.9. The zero-order valence-electron chi connectivity index (χ0n) is 14.1. The molecule has 0 aromatic carbocycles. The molecule has 0 saturated carbocycles. The van der Waals surface area contributed by atoms with Gasteiger partial charge in [0.25, 0.3) is 0 Å². The Morgan fingerprint density at radius 3 is 1.96 bits per heavy atom. The van der Waals surface area contributed by atoms with Crippen LogP contribution in [0.5, 0.6) is 0 Å². The first-order valence-electron chi connectivity index (χ1n) is 7.45. The fourth-order valence-electron chi connectivity index (χ4n) is 1.94. The Bertz CT molecular complexity index is 467. The Morgan fingerprint density at radius 1 is 1.04 bits per heavy atom. The standard InChI is InChI=1S/C15H25FN2O5/c1-7(2)6-11(18-10(5)19)14(21)17-9(4)13(20)12(16)8(3)15(22)23/h7-9,11-12H,6H2,1-5H3,(H,17,21)(H,18,19)(H,22,23)/t8-,9-,11+,12+/m1/s1. The number of carbonyl (C=O) groups is 4. The normalized spacial score (nSPS) is 16.1. The van der Waals surface area contributed by atoms with Gasteiger partial charge in [0.05, 0.1) is 12.0 Å². The molecule has 0 rings (SSSR count). The van der Waals surface area contributed by atoms with Gasteiger partial charge in [-0.05, 0) is 26.2 Å². The molecule has 132 valence electrons. The second-order valence-corrected chi connectivity index (χ2v) is 6.04. The summed E-state index contributed by atoms with van der Waals surface area (Å²) in [5.41, 5.74) is 0. The van der Waals surface area contributed by atoms with Gasteiger partial charge < -0.3 is 15.7 Å². The van der Waals surface area contributed by atoms with Gasteiger partial charge in [0.15, 0.2) is 12.0 Å². The highest BCUT2D eigenvalue weighted by atomic mass is 19.1. The molecule has 0 aliphatic carbocycles. The van der Waals surface area contributed by atoms with Crippen LogP contribution in [0, 0.1) is 11.8 Å².